The van der Waals surface area contributed by atoms with Crippen LogP contribution in [-0.2, 0) is 10.0 Å². The van der Waals surface area contributed by atoms with Gasteiger partial charge in [-0.3, -0.25) is 9.10 Å². The Morgan fingerprint density at radius 1 is 1.03 bits per heavy atom. The van der Waals surface area contributed by atoms with Crippen molar-refractivity contribution in [2.24, 2.45) is 0 Å². The Morgan fingerprint density at radius 2 is 1.79 bits per heavy atom. The lowest BCUT2D eigenvalue weighted by Crippen LogP contribution is -2.31. The number of sulfonamides is 1. The Bertz CT molecular complexity index is 1520. The molecule has 0 atom stereocenters. The van der Waals surface area contributed by atoms with E-state index in [-0.39, 0.29) is 27.7 Å². The summed E-state index contributed by atoms with van der Waals surface area (Å²) in [5, 5.41) is 2.99. The van der Waals surface area contributed by atoms with E-state index in [1.165, 1.54) is 30.3 Å². The monoisotopic (exact) mass is 482 g/mol. The number of imidazole rings is 1. The predicted molar refractivity (Wildman–Crippen MR) is 129 cm³/mol. The van der Waals surface area contributed by atoms with Crippen molar-refractivity contribution in [3.8, 4) is 0 Å². The molecule has 33 heavy (non-hydrogen) atoms. The SMILES string of the molecule is C=CCN(c1ccccc1Cl)S(=O)(=O)c1cccc(C(=O)Nc2ccc3[nH]c(=O)[nH]c3c2)c1. The lowest BCUT2D eigenvalue weighted by Gasteiger charge is -2.24. The van der Waals surface area contributed by atoms with Gasteiger partial charge >= 0.3 is 5.69 Å². The summed E-state index contributed by atoms with van der Waals surface area (Å²) in [7, 11) is -4.04. The lowest BCUT2D eigenvalue weighted by molar-refractivity contribution is 0.102. The number of carbonyl (C=O) groups is 1. The van der Waals surface area contributed by atoms with E-state index >= 15 is 0 Å². The zero-order valence-electron chi connectivity index (χ0n) is 17.2. The molecule has 10 heteroatoms. The van der Waals surface area contributed by atoms with Crippen LogP contribution in [0, 0.1) is 0 Å². The number of para-hydroxylation sites is 1. The first-order chi connectivity index (χ1) is 15.8. The number of hydrogen-bond acceptors (Lipinski definition) is 4. The highest BCUT2D eigenvalue weighted by Gasteiger charge is 2.26. The van der Waals surface area contributed by atoms with Gasteiger partial charge in [-0.25, -0.2) is 13.2 Å². The third-order valence-corrected chi connectivity index (χ3v) is 6.97. The first-order valence-corrected chi connectivity index (χ1v) is 11.6. The summed E-state index contributed by atoms with van der Waals surface area (Å²) in [6.45, 7) is 3.64. The number of halogens is 1. The van der Waals surface area contributed by atoms with Gasteiger partial charge in [0, 0.05) is 11.3 Å². The van der Waals surface area contributed by atoms with Gasteiger partial charge in [-0.2, -0.15) is 0 Å². The van der Waals surface area contributed by atoms with Gasteiger partial charge in [0.15, 0.2) is 0 Å². The minimum atomic E-state index is -4.04. The molecule has 1 amide bonds. The topological polar surface area (TPSA) is 115 Å². The summed E-state index contributed by atoms with van der Waals surface area (Å²) in [5.41, 5.74) is 1.69. The fourth-order valence-corrected chi connectivity index (χ4v) is 5.12. The summed E-state index contributed by atoms with van der Waals surface area (Å²) in [4.78, 5) is 29.4. The highest BCUT2D eigenvalue weighted by Crippen LogP contribution is 2.30. The molecule has 4 rings (SSSR count). The normalized spacial score (nSPS) is 11.3. The summed E-state index contributed by atoms with van der Waals surface area (Å²) in [6.07, 6.45) is 1.46. The zero-order valence-corrected chi connectivity index (χ0v) is 18.8. The van der Waals surface area contributed by atoms with Gasteiger partial charge in [0.25, 0.3) is 15.9 Å². The maximum atomic E-state index is 13.4. The molecule has 0 fully saturated rings. The minimum Gasteiger partial charge on any atom is -0.322 e. The Morgan fingerprint density at radius 3 is 2.55 bits per heavy atom. The molecule has 4 aromatic rings. The zero-order chi connectivity index (χ0) is 23.6. The van der Waals surface area contributed by atoms with Crippen LogP contribution in [0.15, 0.2) is 89.1 Å². The number of hydrogen-bond donors (Lipinski definition) is 3. The maximum absolute atomic E-state index is 13.4. The van der Waals surface area contributed by atoms with E-state index in [1.807, 2.05) is 0 Å². The van der Waals surface area contributed by atoms with Crippen LogP contribution in [0.1, 0.15) is 10.4 Å². The number of nitrogens with one attached hydrogen (secondary N) is 3. The molecule has 0 bridgehead atoms. The van der Waals surface area contributed by atoms with Gasteiger partial charge < -0.3 is 15.3 Å². The van der Waals surface area contributed by atoms with E-state index in [2.05, 4.69) is 21.9 Å². The molecule has 0 unspecified atom stereocenters. The molecular weight excluding hydrogens is 464 g/mol. The van der Waals surface area contributed by atoms with Gasteiger partial charge in [0.2, 0.25) is 0 Å². The van der Waals surface area contributed by atoms with Crippen molar-refractivity contribution in [3.63, 3.8) is 0 Å². The lowest BCUT2D eigenvalue weighted by atomic mass is 10.2. The van der Waals surface area contributed by atoms with Crippen molar-refractivity contribution in [1.82, 2.24) is 9.97 Å². The number of aromatic nitrogens is 2. The quantitative estimate of drug-likeness (QED) is 0.343. The summed E-state index contributed by atoms with van der Waals surface area (Å²) < 4.78 is 27.9. The van der Waals surface area contributed by atoms with Gasteiger partial charge in [-0.15, -0.1) is 6.58 Å². The van der Waals surface area contributed by atoms with E-state index in [0.717, 1.165) is 4.31 Å². The van der Waals surface area contributed by atoms with Crippen LogP contribution >= 0.6 is 11.6 Å². The Balaban J connectivity index is 1.65. The Labute approximate surface area is 194 Å². The molecule has 0 radical (unpaired) electrons. The second-order valence-electron chi connectivity index (χ2n) is 7.10. The Kier molecular flexibility index (Phi) is 6.08. The molecule has 0 aliphatic rings. The molecule has 0 aliphatic heterocycles. The molecule has 3 N–H and O–H groups in total. The van der Waals surface area contributed by atoms with Crippen molar-refractivity contribution >= 4 is 49.9 Å². The molecule has 8 nitrogen and oxygen atoms in total. The fourth-order valence-electron chi connectivity index (χ4n) is 3.34. The van der Waals surface area contributed by atoms with Gasteiger partial charge in [-0.1, -0.05) is 35.9 Å². The average molecular weight is 483 g/mol. The van der Waals surface area contributed by atoms with E-state index in [4.69, 9.17) is 11.6 Å². The largest absolute Gasteiger partial charge is 0.323 e. The number of nitrogens with zero attached hydrogens (tertiary/aromatic N) is 1. The number of carbonyl (C=O) groups excluding carboxylic acids is 1. The van der Waals surface area contributed by atoms with Gasteiger partial charge in [0.05, 0.1) is 33.2 Å². The Hall–Kier alpha value is -3.82. The van der Waals surface area contributed by atoms with E-state index in [1.54, 1.807) is 42.5 Å². The minimum absolute atomic E-state index is 0.00261. The molecule has 168 valence electrons. The van der Waals surface area contributed by atoms with Crippen LogP contribution in [0.3, 0.4) is 0 Å². The van der Waals surface area contributed by atoms with Crippen LogP contribution < -0.4 is 15.3 Å². The van der Waals surface area contributed by atoms with Crippen LogP contribution in [0.5, 0.6) is 0 Å². The molecule has 0 spiro atoms. The van der Waals surface area contributed by atoms with Crippen molar-refractivity contribution in [3.05, 3.63) is 100 Å². The molecule has 3 aromatic carbocycles. The second-order valence-corrected chi connectivity index (χ2v) is 9.37. The molecule has 0 aliphatic carbocycles. The smallest absolute Gasteiger partial charge is 0.322 e. The van der Waals surface area contributed by atoms with Crippen LogP contribution in [0.25, 0.3) is 11.0 Å². The van der Waals surface area contributed by atoms with E-state index in [0.29, 0.717) is 22.4 Å². The number of rotatable bonds is 7. The number of benzene rings is 3. The van der Waals surface area contributed by atoms with Gasteiger partial charge in [-0.05, 0) is 48.5 Å². The van der Waals surface area contributed by atoms with Crippen LogP contribution in [0.4, 0.5) is 11.4 Å². The first-order valence-electron chi connectivity index (χ1n) is 9.81. The number of fused-ring (bicyclic) bond motifs is 1. The summed E-state index contributed by atoms with van der Waals surface area (Å²) in [5.74, 6) is -0.503. The van der Waals surface area contributed by atoms with Crippen LogP contribution in [0.2, 0.25) is 5.02 Å². The molecule has 0 saturated carbocycles. The van der Waals surface area contributed by atoms with Crippen molar-refractivity contribution in [2.75, 3.05) is 16.2 Å². The van der Waals surface area contributed by atoms with E-state index < -0.39 is 15.9 Å². The fraction of sp³-hybridized carbons (Fsp3) is 0.0435. The highest BCUT2D eigenvalue weighted by atomic mass is 35.5. The molecule has 1 heterocycles. The molecule has 0 saturated heterocycles. The van der Waals surface area contributed by atoms with Crippen molar-refractivity contribution < 1.29 is 13.2 Å². The molecule has 1 aromatic heterocycles. The predicted octanol–water partition coefficient (Wildman–Crippen LogP) is 4.14. The van der Waals surface area contributed by atoms with Gasteiger partial charge in [0.1, 0.15) is 0 Å². The number of amides is 1. The van der Waals surface area contributed by atoms with Crippen molar-refractivity contribution in [2.45, 2.75) is 4.90 Å². The third kappa shape index (κ3) is 4.55. The van der Waals surface area contributed by atoms with E-state index in [9.17, 15) is 18.0 Å². The van der Waals surface area contributed by atoms with Crippen molar-refractivity contribution in [1.29, 1.82) is 0 Å². The summed E-state index contributed by atoms with van der Waals surface area (Å²) >= 11 is 6.23. The number of aromatic amines is 2. The maximum Gasteiger partial charge on any atom is 0.323 e. The summed E-state index contributed by atoms with van der Waals surface area (Å²) in [6, 6.07) is 17.2. The number of anilines is 2. The first kappa shape index (κ1) is 22.4. The molecular formula is C23H19ClN4O4S. The second kappa shape index (κ2) is 8.97. The average Bonchev–Trinajstić information content (AvgIpc) is 3.17. The van der Waals surface area contributed by atoms with Crippen LogP contribution in [-0.4, -0.2) is 30.8 Å². The number of H-pyrrole nitrogens is 2. The third-order valence-electron chi connectivity index (χ3n) is 4.87. The standard InChI is InChI=1S/C23H19ClN4O4S/c1-2-12-28(21-9-4-3-8-18(21)24)33(31,32)17-7-5-6-15(13-17)22(29)25-16-10-11-19-20(14-16)27-23(30)26-19/h2-11,13-14H,1,12H2,(H,25,29)(H2,26,27,30). The highest BCUT2D eigenvalue weighted by molar-refractivity contribution is 7.92.